The molecule has 2 aromatic heterocycles. The van der Waals surface area contributed by atoms with Gasteiger partial charge in [-0.1, -0.05) is 30.3 Å². The van der Waals surface area contributed by atoms with Gasteiger partial charge in [0, 0.05) is 30.8 Å². The van der Waals surface area contributed by atoms with Gasteiger partial charge in [-0.2, -0.15) is 0 Å². The third-order valence-electron chi connectivity index (χ3n) is 5.11. The third-order valence-corrected chi connectivity index (χ3v) is 5.11. The number of nitrogens with one attached hydrogen (secondary N) is 3. The zero-order chi connectivity index (χ0) is 18.8. The molecule has 140 valence electrons. The van der Waals surface area contributed by atoms with Crippen molar-refractivity contribution in [2.24, 2.45) is 5.92 Å². The highest BCUT2D eigenvalue weighted by Gasteiger charge is 2.21. The number of rotatable bonds is 7. The van der Waals surface area contributed by atoms with E-state index in [4.69, 9.17) is 9.97 Å². The average molecular weight is 363 g/mol. The van der Waals surface area contributed by atoms with Crippen LogP contribution in [0.1, 0.15) is 30.5 Å². The lowest BCUT2D eigenvalue weighted by molar-refractivity contribution is -0.120. The number of H-pyrrole nitrogens is 1. The summed E-state index contributed by atoms with van der Waals surface area (Å²) in [5.41, 5.74) is 3.99. The Morgan fingerprint density at radius 1 is 1.19 bits per heavy atom. The lowest BCUT2D eigenvalue weighted by Crippen LogP contribution is -2.27. The van der Waals surface area contributed by atoms with E-state index in [9.17, 15) is 4.79 Å². The van der Waals surface area contributed by atoms with Crippen molar-refractivity contribution in [3.8, 4) is 11.4 Å². The molecule has 4 rings (SSSR count). The minimum atomic E-state index is 0.0879. The van der Waals surface area contributed by atoms with E-state index in [0.29, 0.717) is 24.7 Å². The molecule has 27 heavy (non-hydrogen) atoms. The van der Waals surface area contributed by atoms with Crippen LogP contribution < -0.4 is 10.6 Å². The van der Waals surface area contributed by atoms with Gasteiger partial charge in [0.15, 0.2) is 5.82 Å². The van der Waals surface area contributed by atoms with Gasteiger partial charge in [-0.15, -0.1) is 0 Å². The van der Waals surface area contributed by atoms with Gasteiger partial charge in [-0.25, -0.2) is 9.97 Å². The Bertz CT molecular complexity index is 960. The molecule has 0 bridgehead atoms. The fourth-order valence-electron chi connectivity index (χ4n) is 3.17. The van der Waals surface area contributed by atoms with Crippen LogP contribution in [0.3, 0.4) is 0 Å². The number of aromatic amines is 1. The largest absolute Gasteiger partial charge is 0.369 e. The molecule has 6 heteroatoms. The fraction of sp³-hybridized carbons (Fsp3) is 0.381. The number of amides is 1. The molecule has 1 aliphatic carbocycles. The van der Waals surface area contributed by atoms with Crippen molar-refractivity contribution >= 4 is 22.8 Å². The monoisotopic (exact) mass is 363 g/mol. The average Bonchev–Trinajstić information content (AvgIpc) is 3.46. The van der Waals surface area contributed by atoms with E-state index in [0.717, 1.165) is 40.2 Å². The Morgan fingerprint density at radius 2 is 1.96 bits per heavy atom. The van der Waals surface area contributed by atoms with Gasteiger partial charge in [-0.3, -0.25) is 4.79 Å². The van der Waals surface area contributed by atoms with Gasteiger partial charge in [-0.05, 0) is 38.2 Å². The van der Waals surface area contributed by atoms with E-state index < -0.39 is 0 Å². The molecule has 1 amide bonds. The zero-order valence-electron chi connectivity index (χ0n) is 15.8. The number of carbonyl (C=O) groups is 1. The molecule has 0 aliphatic heterocycles. The van der Waals surface area contributed by atoms with Gasteiger partial charge in [0.05, 0.1) is 5.39 Å². The van der Waals surface area contributed by atoms with Crippen molar-refractivity contribution in [3.63, 3.8) is 0 Å². The second-order valence-corrected chi connectivity index (χ2v) is 7.28. The summed E-state index contributed by atoms with van der Waals surface area (Å²) in [6.45, 7) is 5.45. The maximum absolute atomic E-state index is 12.0. The maximum Gasteiger partial charge on any atom is 0.221 e. The fourth-order valence-corrected chi connectivity index (χ4v) is 3.17. The predicted molar refractivity (Wildman–Crippen MR) is 108 cm³/mol. The van der Waals surface area contributed by atoms with Crippen LogP contribution >= 0.6 is 0 Å². The van der Waals surface area contributed by atoms with Crippen molar-refractivity contribution in [2.75, 3.05) is 18.4 Å². The minimum absolute atomic E-state index is 0.0879. The Morgan fingerprint density at radius 3 is 2.70 bits per heavy atom. The first-order valence-electron chi connectivity index (χ1n) is 9.54. The van der Waals surface area contributed by atoms with Crippen molar-refractivity contribution in [1.29, 1.82) is 0 Å². The second kappa shape index (κ2) is 7.39. The Hall–Kier alpha value is -2.89. The summed E-state index contributed by atoms with van der Waals surface area (Å²) in [5.74, 6) is 2.23. The Labute approximate surface area is 158 Å². The number of carbonyl (C=O) groups excluding carboxylic acids is 1. The summed E-state index contributed by atoms with van der Waals surface area (Å²) in [5, 5.41) is 7.35. The SMILES string of the molecule is Cc1[nH]c2nc(-c3ccccc3)nc(NCCC(=O)NCC3CC3)c2c1C. The molecule has 0 unspecified atom stereocenters. The summed E-state index contributed by atoms with van der Waals surface area (Å²) < 4.78 is 0. The summed E-state index contributed by atoms with van der Waals surface area (Å²) in [6.07, 6.45) is 2.92. The maximum atomic E-state index is 12.0. The standard InChI is InChI=1S/C21H25N5O/c1-13-14(2)24-21-18(13)20(22-11-10-17(27)23-12-15-8-9-15)25-19(26-21)16-6-4-3-5-7-16/h3-7,15H,8-12H2,1-2H3,(H,23,27)(H2,22,24,25,26). The number of fused-ring (bicyclic) bond motifs is 1. The summed E-state index contributed by atoms with van der Waals surface area (Å²) in [4.78, 5) is 24.8. The van der Waals surface area contributed by atoms with E-state index in [1.807, 2.05) is 37.3 Å². The summed E-state index contributed by atoms with van der Waals surface area (Å²) in [6, 6.07) is 9.93. The molecule has 6 nitrogen and oxygen atoms in total. The first kappa shape index (κ1) is 17.5. The van der Waals surface area contributed by atoms with Crippen LogP contribution in [0.15, 0.2) is 30.3 Å². The highest BCUT2D eigenvalue weighted by atomic mass is 16.1. The molecular formula is C21H25N5O. The van der Waals surface area contributed by atoms with Crippen LogP contribution in [-0.4, -0.2) is 33.9 Å². The van der Waals surface area contributed by atoms with Crippen LogP contribution in [-0.2, 0) is 4.79 Å². The topological polar surface area (TPSA) is 82.7 Å². The lowest BCUT2D eigenvalue weighted by atomic mass is 10.2. The van der Waals surface area contributed by atoms with Crippen molar-refractivity contribution in [1.82, 2.24) is 20.3 Å². The molecule has 1 fully saturated rings. The number of anilines is 1. The van der Waals surface area contributed by atoms with Gasteiger partial charge in [0.1, 0.15) is 11.5 Å². The van der Waals surface area contributed by atoms with E-state index >= 15 is 0 Å². The molecule has 0 radical (unpaired) electrons. The first-order valence-corrected chi connectivity index (χ1v) is 9.54. The molecule has 0 spiro atoms. The number of aromatic nitrogens is 3. The highest BCUT2D eigenvalue weighted by molar-refractivity contribution is 5.93. The smallest absolute Gasteiger partial charge is 0.221 e. The Balaban J connectivity index is 1.55. The number of benzene rings is 1. The van der Waals surface area contributed by atoms with E-state index in [1.54, 1.807) is 0 Å². The highest BCUT2D eigenvalue weighted by Crippen LogP contribution is 2.29. The second-order valence-electron chi connectivity index (χ2n) is 7.28. The number of hydrogen-bond donors (Lipinski definition) is 3. The Kier molecular flexibility index (Phi) is 4.79. The van der Waals surface area contributed by atoms with Crippen LogP contribution in [0.2, 0.25) is 0 Å². The predicted octanol–water partition coefficient (Wildman–Crippen LogP) is 3.57. The van der Waals surface area contributed by atoms with Crippen molar-refractivity contribution in [2.45, 2.75) is 33.1 Å². The molecule has 3 N–H and O–H groups in total. The normalized spacial score (nSPS) is 13.7. The molecule has 3 aromatic rings. The van der Waals surface area contributed by atoms with Crippen molar-refractivity contribution < 1.29 is 4.79 Å². The molecule has 1 saturated carbocycles. The van der Waals surface area contributed by atoms with Crippen LogP contribution in [0, 0.1) is 19.8 Å². The van der Waals surface area contributed by atoms with Gasteiger partial charge >= 0.3 is 0 Å². The number of hydrogen-bond acceptors (Lipinski definition) is 4. The number of nitrogens with zero attached hydrogens (tertiary/aromatic N) is 2. The van der Waals surface area contributed by atoms with E-state index in [2.05, 4.69) is 22.5 Å². The molecular weight excluding hydrogens is 338 g/mol. The van der Waals surface area contributed by atoms with E-state index in [-0.39, 0.29) is 5.91 Å². The summed E-state index contributed by atoms with van der Waals surface area (Å²) in [7, 11) is 0. The summed E-state index contributed by atoms with van der Waals surface area (Å²) >= 11 is 0. The van der Waals surface area contributed by atoms with Gasteiger partial charge in [0.25, 0.3) is 0 Å². The molecule has 1 aliphatic rings. The van der Waals surface area contributed by atoms with Crippen LogP contribution in [0.5, 0.6) is 0 Å². The zero-order valence-corrected chi connectivity index (χ0v) is 15.8. The number of aryl methyl sites for hydroxylation is 2. The molecule has 0 saturated heterocycles. The van der Waals surface area contributed by atoms with Gasteiger partial charge < -0.3 is 15.6 Å². The van der Waals surface area contributed by atoms with Crippen LogP contribution in [0.4, 0.5) is 5.82 Å². The van der Waals surface area contributed by atoms with Gasteiger partial charge in [0.2, 0.25) is 5.91 Å². The first-order chi connectivity index (χ1) is 13.1. The molecule has 1 aromatic carbocycles. The minimum Gasteiger partial charge on any atom is -0.369 e. The van der Waals surface area contributed by atoms with Crippen molar-refractivity contribution in [3.05, 3.63) is 41.6 Å². The van der Waals surface area contributed by atoms with Crippen LogP contribution in [0.25, 0.3) is 22.4 Å². The quantitative estimate of drug-likeness (QED) is 0.599. The van der Waals surface area contributed by atoms with E-state index in [1.165, 1.54) is 12.8 Å². The molecule has 0 atom stereocenters. The third kappa shape index (κ3) is 3.94. The lowest BCUT2D eigenvalue weighted by Gasteiger charge is -2.10. The molecule has 2 heterocycles.